The molecular formula is C19H27N3O4. The van der Waals surface area contributed by atoms with E-state index in [0.717, 1.165) is 13.1 Å². The van der Waals surface area contributed by atoms with E-state index < -0.39 is 11.9 Å². The molecule has 0 aliphatic carbocycles. The Hall–Kier alpha value is -2.43. The number of aliphatic carboxylic acids is 2. The summed E-state index contributed by atoms with van der Waals surface area (Å²) in [6, 6.07) is 0.589. The highest BCUT2D eigenvalue weighted by molar-refractivity contribution is 5.89. The van der Waals surface area contributed by atoms with Crippen LogP contribution in [0.3, 0.4) is 0 Å². The van der Waals surface area contributed by atoms with Gasteiger partial charge in [0.05, 0.1) is 18.0 Å². The van der Waals surface area contributed by atoms with E-state index in [9.17, 15) is 9.59 Å². The highest BCUT2D eigenvalue weighted by Crippen LogP contribution is 2.40. The molecule has 3 atom stereocenters. The first-order chi connectivity index (χ1) is 12.2. The summed E-state index contributed by atoms with van der Waals surface area (Å²) in [5, 5.41) is 15.6. The Labute approximate surface area is 154 Å². The summed E-state index contributed by atoms with van der Waals surface area (Å²) in [4.78, 5) is 28.2. The van der Waals surface area contributed by atoms with Gasteiger partial charge in [-0.2, -0.15) is 0 Å². The van der Waals surface area contributed by atoms with E-state index >= 15 is 0 Å². The Kier molecular flexibility index (Phi) is 8.23. The van der Waals surface area contributed by atoms with Gasteiger partial charge in [-0.05, 0) is 46.6 Å². The summed E-state index contributed by atoms with van der Waals surface area (Å²) < 4.78 is 0. The van der Waals surface area contributed by atoms with E-state index in [2.05, 4.69) is 54.0 Å². The van der Waals surface area contributed by atoms with Crippen molar-refractivity contribution in [2.75, 3.05) is 34.2 Å². The van der Waals surface area contributed by atoms with Gasteiger partial charge in [0.2, 0.25) is 0 Å². The molecule has 26 heavy (non-hydrogen) atoms. The van der Waals surface area contributed by atoms with Gasteiger partial charge in [0.25, 0.3) is 0 Å². The van der Waals surface area contributed by atoms with Gasteiger partial charge in [0.1, 0.15) is 0 Å². The van der Waals surface area contributed by atoms with Crippen LogP contribution < -0.4 is 0 Å². The molecule has 2 aliphatic rings. The molecule has 2 aliphatic heterocycles. The van der Waals surface area contributed by atoms with Crippen LogP contribution in [-0.4, -0.2) is 84.5 Å². The van der Waals surface area contributed by atoms with E-state index in [1.807, 2.05) is 6.21 Å². The summed E-state index contributed by atoms with van der Waals surface area (Å²) in [6.45, 7) is 1.96. The van der Waals surface area contributed by atoms with Crippen LogP contribution in [0.25, 0.3) is 0 Å². The fraction of sp³-hybridized carbons (Fsp3) is 0.526. The average molecular weight is 361 g/mol. The number of dihydropyridines is 1. The molecule has 0 aromatic heterocycles. The van der Waals surface area contributed by atoms with E-state index in [4.69, 9.17) is 16.6 Å². The molecule has 0 saturated carbocycles. The Morgan fingerprint density at radius 3 is 2.35 bits per heavy atom. The predicted octanol–water partition coefficient (Wildman–Crippen LogP) is 0.983. The Balaban J connectivity index is 0.000000359. The van der Waals surface area contributed by atoms with Crippen LogP contribution in [0.2, 0.25) is 0 Å². The van der Waals surface area contributed by atoms with Crippen LogP contribution in [-0.2, 0) is 9.59 Å². The van der Waals surface area contributed by atoms with Gasteiger partial charge < -0.3 is 15.1 Å². The molecule has 0 aromatic rings. The van der Waals surface area contributed by atoms with Crippen molar-refractivity contribution in [2.45, 2.75) is 24.9 Å². The molecule has 2 rings (SSSR count). The van der Waals surface area contributed by atoms with Crippen molar-refractivity contribution >= 4 is 18.2 Å². The summed E-state index contributed by atoms with van der Waals surface area (Å²) in [6.07, 6.45) is 15.6. The smallest absolute Gasteiger partial charge is 0.328 e. The van der Waals surface area contributed by atoms with Gasteiger partial charge >= 0.3 is 11.9 Å². The molecular weight excluding hydrogens is 334 g/mol. The first kappa shape index (κ1) is 21.6. The van der Waals surface area contributed by atoms with Crippen LogP contribution in [0, 0.1) is 17.8 Å². The van der Waals surface area contributed by atoms with Crippen LogP contribution in [0.1, 0.15) is 12.8 Å². The number of allylic oxidation sites excluding steroid dienone is 1. The number of rotatable bonds is 5. The molecule has 0 spiro atoms. The molecule has 0 radical (unpaired) electrons. The van der Waals surface area contributed by atoms with Crippen LogP contribution in [0.5, 0.6) is 0 Å². The Morgan fingerprint density at radius 2 is 2.00 bits per heavy atom. The normalized spacial score (nSPS) is 26.3. The standard InChI is InChI=1S/C15H23N3.C4H4O4/c1-5-13(17(2)3)15(9-7-10-16-12-15)14-8-6-11-18(14)4;5-3(6)1-2-4(7)8/h1,7,9-10,13-14H,6,8,11-12H2,2-4H3;1-2H,(H,5,6)(H,7,8)/b;2-1+. The quantitative estimate of drug-likeness (QED) is 0.560. The number of hydrogen-bond acceptors (Lipinski definition) is 5. The molecule has 3 unspecified atom stereocenters. The third kappa shape index (κ3) is 5.55. The van der Waals surface area contributed by atoms with Gasteiger partial charge in [-0.25, -0.2) is 9.59 Å². The van der Waals surface area contributed by atoms with Crippen molar-refractivity contribution in [3.8, 4) is 12.3 Å². The van der Waals surface area contributed by atoms with Crippen molar-refractivity contribution in [3.63, 3.8) is 0 Å². The summed E-state index contributed by atoms with van der Waals surface area (Å²) in [5.41, 5.74) is -0.0434. The van der Waals surface area contributed by atoms with Gasteiger partial charge in [-0.1, -0.05) is 12.0 Å². The monoisotopic (exact) mass is 361 g/mol. The fourth-order valence-corrected chi connectivity index (χ4v) is 3.64. The lowest BCUT2D eigenvalue weighted by molar-refractivity contribution is -0.134. The third-order valence-electron chi connectivity index (χ3n) is 4.66. The molecule has 0 aromatic carbocycles. The Morgan fingerprint density at radius 1 is 1.38 bits per heavy atom. The van der Waals surface area contributed by atoms with Gasteiger partial charge in [-0.15, -0.1) is 6.42 Å². The molecule has 7 heteroatoms. The van der Waals surface area contributed by atoms with E-state index in [-0.39, 0.29) is 11.5 Å². The lowest BCUT2D eigenvalue weighted by atomic mass is 9.71. The molecule has 1 fully saturated rings. The molecule has 142 valence electrons. The first-order valence-corrected chi connectivity index (χ1v) is 8.39. The number of hydrogen-bond donors (Lipinski definition) is 2. The van der Waals surface area contributed by atoms with Crippen LogP contribution >= 0.6 is 0 Å². The molecule has 2 N–H and O–H groups in total. The van der Waals surface area contributed by atoms with Crippen molar-refractivity contribution in [1.82, 2.24) is 9.80 Å². The van der Waals surface area contributed by atoms with E-state index in [1.54, 1.807) is 0 Å². The summed E-state index contributed by atoms with van der Waals surface area (Å²) >= 11 is 0. The van der Waals surface area contributed by atoms with Gasteiger partial charge in [-0.3, -0.25) is 9.89 Å². The summed E-state index contributed by atoms with van der Waals surface area (Å²) in [7, 11) is 6.33. The van der Waals surface area contributed by atoms with E-state index in [1.165, 1.54) is 12.8 Å². The Bertz CT molecular complexity index is 617. The topological polar surface area (TPSA) is 93.4 Å². The number of carboxylic acids is 2. The van der Waals surface area contributed by atoms with Crippen molar-refractivity contribution in [2.24, 2.45) is 10.4 Å². The van der Waals surface area contributed by atoms with Crippen molar-refractivity contribution in [3.05, 3.63) is 24.3 Å². The zero-order valence-corrected chi connectivity index (χ0v) is 15.5. The average Bonchev–Trinajstić information content (AvgIpc) is 3.01. The number of carboxylic acid groups (broad SMARTS) is 2. The molecule has 0 bridgehead atoms. The minimum Gasteiger partial charge on any atom is -0.478 e. The largest absolute Gasteiger partial charge is 0.478 e. The zero-order valence-electron chi connectivity index (χ0n) is 15.5. The molecule has 0 amide bonds. The SMILES string of the molecule is C#CC(N(C)C)C1(C2CCCN2C)C=CC=NC1.O=C(O)/C=C/C(=O)O. The maximum atomic E-state index is 9.55. The maximum absolute atomic E-state index is 9.55. The first-order valence-electron chi connectivity index (χ1n) is 8.39. The second-order valence-corrected chi connectivity index (χ2v) is 6.64. The number of nitrogens with zero attached hydrogens (tertiary/aromatic N) is 3. The molecule has 7 nitrogen and oxygen atoms in total. The van der Waals surface area contributed by atoms with Crippen LogP contribution in [0.4, 0.5) is 0 Å². The zero-order chi connectivity index (χ0) is 19.7. The molecule has 1 saturated heterocycles. The maximum Gasteiger partial charge on any atom is 0.328 e. The van der Waals surface area contributed by atoms with Gasteiger partial charge in [0.15, 0.2) is 0 Å². The number of aliphatic imine (C=N–C) groups is 1. The minimum atomic E-state index is -1.26. The summed E-state index contributed by atoms with van der Waals surface area (Å²) in [5.74, 6) is 0.470. The highest BCUT2D eigenvalue weighted by Gasteiger charge is 2.47. The fourth-order valence-electron chi connectivity index (χ4n) is 3.64. The number of terminal acetylenes is 1. The molecule has 2 heterocycles. The van der Waals surface area contributed by atoms with Crippen molar-refractivity contribution < 1.29 is 19.8 Å². The minimum absolute atomic E-state index is 0.0434. The third-order valence-corrected chi connectivity index (χ3v) is 4.66. The second kappa shape index (κ2) is 9.90. The number of likely N-dealkylation sites (tertiary alicyclic amines) is 1. The van der Waals surface area contributed by atoms with E-state index in [0.29, 0.717) is 18.2 Å². The van der Waals surface area contributed by atoms with Gasteiger partial charge in [0, 0.05) is 24.4 Å². The second-order valence-electron chi connectivity index (χ2n) is 6.64. The van der Waals surface area contributed by atoms with Crippen molar-refractivity contribution in [1.29, 1.82) is 0 Å². The lowest BCUT2D eigenvalue weighted by Crippen LogP contribution is -2.55. The predicted molar refractivity (Wildman–Crippen MR) is 101 cm³/mol. The van der Waals surface area contributed by atoms with Crippen LogP contribution in [0.15, 0.2) is 29.3 Å². The number of carbonyl (C=O) groups is 2. The lowest BCUT2D eigenvalue weighted by Gasteiger charge is -2.45. The highest BCUT2D eigenvalue weighted by atomic mass is 16.4.